The molecule has 0 spiro atoms. The van der Waals surface area contributed by atoms with Crippen LogP contribution in [0, 0.1) is 6.92 Å². The van der Waals surface area contributed by atoms with Crippen molar-refractivity contribution in [3.05, 3.63) is 28.2 Å². The minimum atomic E-state index is -1.06. The summed E-state index contributed by atoms with van der Waals surface area (Å²) in [7, 11) is 0. The first-order chi connectivity index (χ1) is 7.90. The number of benzene rings is 1. The van der Waals surface area contributed by atoms with Gasteiger partial charge < -0.3 is 15.1 Å². The number of hydrogen-bond donors (Lipinski definition) is 2. The largest absolute Gasteiger partial charge is 0.480 e. The Labute approximate surface area is 107 Å². The molecule has 0 aliphatic carbocycles. The quantitative estimate of drug-likeness (QED) is 0.866. The molecule has 1 aromatic carbocycles. The summed E-state index contributed by atoms with van der Waals surface area (Å²) < 4.78 is 0.777. The van der Waals surface area contributed by atoms with Gasteiger partial charge in [-0.05, 0) is 24.6 Å². The van der Waals surface area contributed by atoms with Crippen LogP contribution in [0.5, 0.6) is 0 Å². The maximum atomic E-state index is 10.7. The van der Waals surface area contributed by atoms with E-state index in [1.54, 1.807) is 19.1 Å². The number of nitrogens with zero attached hydrogens (tertiary/aromatic N) is 1. The molecule has 0 unspecified atom stereocenters. The van der Waals surface area contributed by atoms with Gasteiger partial charge in [0.2, 0.25) is 0 Å². The zero-order valence-electron chi connectivity index (χ0n) is 9.18. The van der Waals surface area contributed by atoms with Crippen molar-refractivity contribution < 1.29 is 19.8 Å². The van der Waals surface area contributed by atoms with Crippen molar-refractivity contribution in [2.24, 2.45) is 0 Å². The van der Waals surface area contributed by atoms with Crippen LogP contribution in [-0.2, 0) is 9.59 Å². The SMILES string of the molecule is Cc1ccc(Br)cc1N(CC(=O)O)CC(=O)O. The number of carboxylic acid groups (broad SMARTS) is 2. The lowest BCUT2D eigenvalue weighted by Crippen LogP contribution is -2.34. The minimum Gasteiger partial charge on any atom is -0.480 e. The molecule has 0 aliphatic rings. The van der Waals surface area contributed by atoms with Crippen molar-refractivity contribution in [1.82, 2.24) is 0 Å². The van der Waals surface area contributed by atoms with Crippen molar-refractivity contribution in [3.8, 4) is 0 Å². The molecule has 0 radical (unpaired) electrons. The van der Waals surface area contributed by atoms with E-state index in [1.807, 2.05) is 6.07 Å². The lowest BCUT2D eigenvalue weighted by molar-refractivity contribution is -0.136. The minimum absolute atomic E-state index is 0.344. The Kier molecular flexibility index (Phi) is 4.51. The number of rotatable bonds is 5. The third-order valence-electron chi connectivity index (χ3n) is 2.16. The Morgan fingerprint density at radius 1 is 1.24 bits per heavy atom. The van der Waals surface area contributed by atoms with Gasteiger partial charge in [0.25, 0.3) is 0 Å². The summed E-state index contributed by atoms with van der Waals surface area (Å²) in [5, 5.41) is 17.5. The zero-order chi connectivity index (χ0) is 13.0. The molecule has 0 atom stereocenters. The third-order valence-corrected chi connectivity index (χ3v) is 2.66. The molecule has 92 valence electrons. The first-order valence-corrected chi connectivity index (χ1v) is 5.64. The number of hydrogen-bond acceptors (Lipinski definition) is 3. The van der Waals surface area contributed by atoms with Crippen molar-refractivity contribution in [3.63, 3.8) is 0 Å². The first-order valence-electron chi connectivity index (χ1n) is 4.85. The van der Waals surface area contributed by atoms with Gasteiger partial charge in [-0.1, -0.05) is 22.0 Å². The predicted octanol–water partition coefficient (Wildman–Crippen LogP) is 1.73. The lowest BCUT2D eigenvalue weighted by Gasteiger charge is -2.22. The number of aryl methyl sites for hydroxylation is 1. The van der Waals surface area contributed by atoms with Crippen LogP contribution in [0.25, 0.3) is 0 Å². The van der Waals surface area contributed by atoms with E-state index in [4.69, 9.17) is 10.2 Å². The lowest BCUT2D eigenvalue weighted by atomic mass is 10.2. The van der Waals surface area contributed by atoms with E-state index in [-0.39, 0.29) is 13.1 Å². The summed E-state index contributed by atoms with van der Waals surface area (Å²) in [6, 6.07) is 5.33. The Morgan fingerprint density at radius 2 is 1.76 bits per heavy atom. The van der Waals surface area contributed by atoms with Crippen LogP contribution in [0.15, 0.2) is 22.7 Å². The Hall–Kier alpha value is -1.56. The molecule has 0 bridgehead atoms. The van der Waals surface area contributed by atoms with E-state index in [1.165, 1.54) is 4.90 Å². The van der Waals surface area contributed by atoms with Crippen LogP contribution in [0.3, 0.4) is 0 Å². The van der Waals surface area contributed by atoms with Gasteiger partial charge in [0.05, 0.1) is 0 Å². The third kappa shape index (κ3) is 4.07. The van der Waals surface area contributed by atoms with E-state index in [2.05, 4.69) is 15.9 Å². The van der Waals surface area contributed by atoms with Crippen molar-refractivity contribution in [1.29, 1.82) is 0 Å². The molecule has 0 aromatic heterocycles. The van der Waals surface area contributed by atoms with E-state index in [0.29, 0.717) is 5.69 Å². The highest BCUT2D eigenvalue weighted by molar-refractivity contribution is 9.10. The highest BCUT2D eigenvalue weighted by Crippen LogP contribution is 2.24. The molecule has 0 heterocycles. The van der Waals surface area contributed by atoms with Gasteiger partial charge in [0, 0.05) is 10.2 Å². The Bertz CT molecular complexity index is 431. The smallest absolute Gasteiger partial charge is 0.323 e. The summed E-state index contributed by atoms with van der Waals surface area (Å²) in [6.07, 6.45) is 0. The van der Waals surface area contributed by atoms with Crippen LogP contribution < -0.4 is 4.90 Å². The van der Waals surface area contributed by atoms with Crippen molar-refractivity contribution in [2.75, 3.05) is 18.0 Å². The average Bonchev–Trinajstić information content (AvgIpc) is 2.19. The van der Waals surface area contributed by atoms with Gasteiger partial charge in [0.1, 0.15) is 13.1 Å². The van der Waals surface area contributed by atoms with Crippen molar-refractivity contribution in [2.45, 2.75) is 6.92 Å². The highest BCUT2D eigenvalue weighted by Gasteiger charge is 2.16. The summed E-state index contributed by atoms with van der Waals surface area (Å²) in [6.45, 7) is 1.12. The second kappa shape index (κ2) is 5.67. The number of halogens is 1. The molecule has 6 heteroatoms. The molecular formula is C11H12BrNO4. The topological polar surface area (TPSA) is 77.8 Å². The number of carboxylic acids is 2. The molecular weight excluding hydrogens is 290 g/mol. The van der Waals surface area contributed by atoms with Crippen LogP contribution >= 0.6 is 15.9 Å². The van der Waals surface area contributed by atoms with Crippen molar-refractivity contribution >= 4 is 33.6 Å². The Balaban J connectivity index is 3.06. The van der Waals surface area contributed by atoms with Gasteiger partial charge in [0.15, 0.2) is 0 Å². The summed E-state index contributed by atoms with van der Waals surface area (Å²) in [4.78, 5) is 22.7. The maximum absolute atomic E-state index is 10.7. The average molecular weight is 302 g/mol. The fourth-order valence-electron chi connectivity index (χ4n) is 1.48. The molecule has 0 saturated carbocycles. The summed E-state index contributed by atoms with van der Waals surface area (Å²) >= 11 is 3.28. The molecule has 2 N–H and O–H groups in total. The van der Waals surface area contributed by atoms with Gasteiger partial charge in [-0.3, -0.25) is 9.59 Å². The standard InChI is InChI=1S/C11H12BrNO4/c1-7-2-3-8(12)4-9(7)13(5-10(14)15)6-11(16)17/h2-4H,5-6H2,1H3,(H,14,15)(H,16,17). The van der Waals surface area contributed by atoms with E-state index in [9.17, 15) is 9.59 Å². The molecule has 0 aliphatic heterocycles. The predicted molar refractivity (Wildman–Crippen MR) is 66.4 cm³/mol. The molecule has 0 fully saturated rings. The monoisotopic (exact) mass is 301 g/mol. The maximum Gasteiger partial charge on any atom is 0.323 e. The molecule has 0 amide bonds. The molecule has 0 saturated heterocycles. The molecule has 1 rings (SSSR count). The highest BCUT2D eigenvalue weighted by atomic mass is 79.9. The van der Waals surface area contributed by atoms with Gasteiger partial charge in [-0.2, -0.15) is 0 Å². The van der Waals surface area contributed by atoms with Crippen LogP contribution in [0.2, 0.25) is 0 Å². The van der Waals surface area contributed by atoms with Crippen LogP contribution in [-0.4, -0.2) is 35.2 Å². The first kappa shape index (κ1) is 13.5. The van der Waals surface area contributed by atoms with Gasteiger partial charge in [-0.15, -0.1) is 0 Å². The molecule has 17 heavy (non-hydrogen) atoms. The second-order valence-corrected chi connectivity index (χ2v) is 4.49. The number of carbonyl (C=O) groups is 2. The molecule has 1 aromatic rings. The summed E-state index contributed by atoms with van der Waals surface area (Å²) in [5.41, 5.74) is 1.43. The van der Waals surface area contributed by atoms with Crippen LogP contribution in [0.4, 0.5) is 5.69 Å². The van der Waals surface area contributed by atoms with Gasteiger partial charge in [-0.25, -0.2) is 0 Å². The summed E-state index contributed by atoms with van der Waals surface area (Å²) in [5.74, 6) is -2.13. The second-order valence-electron chi connectivity index (χ2n) is 3.57. The van der Waals surface area contributed by atoms with Crippen LogP contribution in [0.1, 0.15) is 5.56 Å². The van der Waals surface area contributed by atoms with Gasteiger partial charge >= 0.3 is 11.9 Å². The molecule has 5 nitrogen and oxygen atoms in total. The number of aliphatic carboxylic acids is 2. The zero-order valence-corrected chi connectivity index (χ0v) is 10.8. The number of anilines is 1. The Morgan fingerprint density at radius 3 is 2.24 bits per heavy atom. The van der Waals surface area contributed by atoms with E-state index >= 15 is 0 Å². The van der Waals surface area contributed by atoms with E-state index < -0.39 is 11.9 Å². The fraction of sp³-hybridized carbons (Fsp3) is 0.273. The van der Waals surface area contributed by atoms with E-state index in [0.717, 1.165) is 10.0 Å². The normalized spacial score (nSPS) is 10.0. The fourth-order valence-corrected chi connectivity index (χ4v) is 1.83.